The van der Waals surface area contributed by atoms with Gasteiger partial charge in [-0.1, -0.05) is 24.3 Å². The van der Waals surface area contributed by atoms with Crippen LogP contribution in [0.15, 0.2) is 54.9 Å². The molecule has 0 aliphatic heterocycles. The molecule has 6 nitrogen and oxygen atoms in total. The molecule has 2 heterocycles. The number of aromatic nitrogens is 4. The van der Waals surface area contributed by atoms with Crippen LogP contribution in [0, 0.1) is 0 Å². The van der Waals surface area contributed by atoms with Crippen LogP contribution in [0.3, 0.4) is 0 Å². The van der Waals surface area contributed by atoms with Gasteiger partial charge in [-0.2, -0.15) is 13.2 Å². The Kier molecular flexibility index (Phi) is 4.70. The van der Waals surface area contributed by atoms with Gasteiger partial charge in [0.05, 0.1) is 0 Å². The Morgan fingerprint density at radius 1 is 1.12 bits per heavy atom. The van der Waals surface area contributed by atoms with E-state index in [1.165, 1.54) is 12.1 Å². The summed E-state index contributed by atoms with van der Waals surface area (Å²) in [7, 11) is 0. The van der Waals surface area contributed by atoms with Crippen molar-refractivity contribution in [1.82, 2.24) is 19.7 Å². The summed E-state index contributed by atoms with van der Waals surface area (Å²) in [5.41, 5.74) is 0.609. The van der Waals surface area contributed by atoms with Crippen molar-refractivity contribution in [3.05, 3.63) is 60.4 Å². The number of amides is 1. The Hall–Kier alpha value is -3.23. The van der Waals surface area contributed by atoms with Gasteiger partial charge in [0, 0.05) is 5.56 Å². The average Bonchev–Trinajstić information content (AvgIpc) is 3.10. The maximum atomic E-state index is 13.0. The fourth-order valence-corrected chi connectivity index (χ4v) is 2.27. The number of hydrogen-bond donors (Lipinski definition) is 1. The Morgan fingerprint density at radius 2 is 1.85 bits per heavy atom. The van der Waals surface area contributed by atoms with Gasteiger partial charge in [0.2, 0.25) is 0 Å². The number of hydrogen-bond acceptors (Lipinski definition) is 4. The third-order valence-electron chi connectivity index (χ3n) is 3.72. The van der Waals surface area contributed by atoms with Gasteiger partial charge in [-0.15, -0.1) is 10.2 Å². The lowest BCUT2D eigenvalue weighted by molar-refractivity contribution is -0.162. The Morgan fingerprint density at radius 3 is 2.54 bits per heavy atom. The van der Waals surface area contributed by atoms with Crippen molar-refractivity contribution >= 4 is 11.7 Å². The molecule has 1 amide bonds. The third kappa shape index (κ3) is 3.71. The van der Waals surface area contributed by atoms with Gasteiger partial charge in [-0.05, 0) is 31.2 Å². The first kappa shape index (κ1) is 17.6. The molecule has 26 heavy (non-hydrogen) atoms. The minimum absolute atomic E-state index is 0.0364. The number of carbonyl (C=O) groups excluding carboxylic acids is 1. The highest BCUT2D eigenvalue weighted by Crippen LogP contribution is 2.32. The number of anilines is 1. The molecule has 0 saturated carbocycles. The second kappa shape index (κ2) is 6.95. The van der Waals surface area contributed by atoms with Crippen LogP contribution in [0.1, 0.15) is 23.3 Å². The van der Waals surface area contributed by atoms with Crippen LogP contribution in [0.25, 0.3) is 11.5 Å². The van der Waals surface area contributed by atoms with E-state index in [0.717, 1.165) is 17.8 Å². The molecule has 0 radical (unpaired) electrons. The lowest BCUT2D eigenvalue weighted by Crippen LogP contribution is -2.24. The molecule has 0 aliphatic carbocycles. The quantitative estimate of drug-likeness (QED) is 0.769. The lowest BCUT2D eigenvalue weighted by atomic mass is 10.2. The molecule has 9 heteroatoms. The molecule has 1 unspecified atom stereocenters. The van der Waals surface area contributed by atoms with Crippen LogP contribution < -0.4 is 5.32 Å². The van der Waals surface area contributed by atoms with Crippen molar-refractivity contribution in [3.63, 3.8) is 0 Å². The van der Waals surface area contributed by atoms with Crippen LogP contribution in [0.4, 0.5) is 19.0 Å². The fourth-order valence-electron chi connectivity index (χ4n) is 2.27. The summed E-state index contributed by atoms with van der Waals surface area (Å²) in [6.07, 6.45) is -3.44. The Labute approximate surface area is 146 Å². The van der Waals surface area contributed by atoms with Crippen molar-refractivity contribution in [2.24, 2.45) is 0 Å². The number of halogens is 3. The van der Waals surface area contributed by atoms with Gasteiger partial charge in [0.15, 0.2) is 5.82 Å². The first-order chi connectivity index (χ1) is 12.4. The topological polar surface area (TPSA) is 72.7 Å². The summed E-state index contributed by atoms with van der Waals surface area (Å²) in [5, 5.41) is 9.90. The van der Waals surface area contributed by atoms with E-state index >= 15 is 0 Å². The zero-order valence-electron chi connectivity index (χ0n) is 13.6. The minimum atomic E-state index is -4.45. The largest absolute Gasteiger partial charge is 0.408 e. The lowest BCUT2D eigenvalue weighted by Gasteiger charge is -2.18. The second-order valence-corrected chi connectivity index (χ2v) is 5.51. The molecule has 0 fully saturated rings. The van der Waals surface area contributed by atoms with E-state index in [2.05, 4.69) is 20.5 Å². The number of rotatable bonds is 4. The van der Waals surface area contributed by atoms with Crippen molar-refractivity contribution in [1.29, 1.82) is 0 Å². The predicted molar refractivity (Wildman–Crippen MR) is 88.4 cm³/mol. The number of nitrogens with zero attached hydrogens (tertiary/aromatic N) is 4. The summed E-state index contributed by atoms with van der Waals surface area (Å²) >= 11 is 0. The molecule has 0 aliphatic rings. The van der Waals surface area contributed by atoms with Gasteiger partial charge >= 0.3 is 6.18 Å². The molecule has 0 bridgehead atoms. The zero-order chi connectivity index (χ0) is 18.7. The molecule has 1 aromatic carbocycles. The third-order valence-corrected chi connectivity index (χ3v) is 3.72. The van der Waals surface area contributed by atoms with E-state index < -0.39 is 12.2 Å². The van der Waals surface area contributed by atoms with Crippen molar-refractivity contribution in [2.75, 3.05) is 5.32 Å². The zero-order valence-corrected chi connectivity index (χ0v) is 13.6. The molecule has 3 aromatic rings. The van der Waals surface area contributed by atoms with Crippen LogP contribution >= 0.6 is 0 Å². The van der Waals surface area contributed by atoms with Crippen molar-refractivity contribution < 1.29 is 18.0 Å². The van der Waals surface area contributed by atoms with Gasteiger partial charge in [-0.3, -0.25) is 4.79 Å². The molecule has 2 aromatic heterocycles. The fraction of sp³-hybridized carbons (Fsp3) is 0.176. The SMILES string of the molecule is CC(n1cnnc1-c1cccc(NC(=O)c2ccccc2)n1)C(F)(F)F. The standard InChI is InChI=1S/C17H14F3N5O/c1-11(17(18,19)20)25-10-21-24-15(25)13-8-5-9-14(22-13)23-16(26)12-6-3-2-4-7-12/h2-11H,1H3,(H,22,23,26). The van der Waals surface area contributed by atoms with Crippen LogP contribution in [0.5, 0.6) is 0 Å². The second-order valence-electron chi connectivity index (χ2n) is 5.51. The molecule has 134 valence electrons. The molecular formula is C17H14F3N5O. The molecule has 3 rings (SSSR count). The molecular weight excluding hydrogens is 347 g/mol. The van der Waals surface area contributed by atoms with E-state index in [-0.39, 0.29) is 23.2 Å². The van der Waals surface area contributed by atoms with Gasteiger partial charge < -0.3 is 9.88 Å². The number of pyridine rings is 1. The number of nitrogens with one attached hydrogen (secondary N) is 1. The van der Waals surface area contributed by atoms with E-state index in [4.69, 9.17) is 0 Å². The normalized spacial score (nSPS) is 12.6. The average molecular weight is 361 g/mol. The van der Waals surface area contributed by atoms with E-state index in [1.807, 2.05) is 0 Å². The van der Waals surface area contributed by atoms with Crippen LogP contribution in [0.2, 0.25) is 0 Å². The van der Waals surface area contributed by atoms with Gasteiger partial charge in [-0.25, -0.2) is 4.98 Å². The number of carbonyl (C=O) groups is 1. The maximum Gasteiger partial charge on any atom is 0.408 e. The summed E-state index contributed by atoms with van der Waals surface area (Å²) in [4.78, 5) is 16.4. The first-order valence-corrected chi connectivity index (χ1v) is 7.66. The van der Waals surface area contributed by atoms with Crippen LogP contribution in [-0.2, 0) is 0 Å². The monoisotopic (exact) mass is 361 g/mol. The molecule has 1 N–H and O–H groups in total. The first-order valence-electron chi connectivity index (χ1n) is 7.66. The summed E-state index contributed by atoms with van der Waals surface area (Å²) < 4.78 is 39.9. The highest BCUT2D eigenvalue weighted by atomic mass is 19.4. The van der Waals surface area contributed by atoms with Gasteiger partial charge in [0.25, 0.3) is 5.91 Å². The van der Waals surface area contributed by atoms with E-state index in [1.54, 1.807) is 36.4 Å². The number of alkyl halides is 3. The van der Waals surface area contributed by atoms with Gasteiger partial charge in [0.1, 0.15) is 23.9 Å². The highest BCUT2D eigenvalue weighted by Gasteiger charge is 2.38. The smallest absolute Gasteiger partial charge is 0.307 e. The highest BCUT2D eigenvalue weighted by molar-refractivity contribution is 6.03. The molecule has 0 spiro atoms. The summed E-state index contributed by atoms with van der Waals surface area (Å²) in [5.74, 6) is -0.212. The Balaban J connectivity index is 1.87. The molecule has 1 atom stereocenters. The summed E-state index contributed by atoms with van der Waals surface area (Å²) in [6.45, 7) is 1.01. The van der Waals surface area contributed by atoms with E-state index in [0.29, 0.717) is 5.56 Å². The van der Waals surface area contributed by atoms with E-state index in [9.17, 15) is 18.0 Å². The van der Waals surface area contributed by atoms with Crippen molar-refractivity contribution in [2.45, 2.75) is 19.1 Å². The van der Waals surface area contributed by atoms with Crippen molar-refractivity contribution in [3.8, 4) is 11.5 Å². The number of benzene rings is 1. The Bertz CT molecular complexity index is 908. The van der Waals surface area contributed by atoms with Crippen LogP contribution in [-0.4, -0.2) is 31.8 Å². The predicted octanol–water partition coefficient (Wildman–Crippen LogP) is 3.72. The summed E-state index contributed by atoms with van der Waals surface area (Å²) in [6, 6.07) is 11.3. The minimum Gasteiger partial charge on any atom is -0.307 e. The molecule has 0 saturated heterocycles. The maximum absolute atomic E-state index is 13.0.